The number of rotatable bonds is 7. The van der Waals surface area contributed by atoms with Crippen LogP contribution >= 0.6 is 0 Å². The first-order chi connectivity index (χ1) is 8.65. The molecular formula is C14H29N3O. The van der Waals surface area contributed by atoms with Gasteiger partial charge in [-0.3, -0.25) is 9.69 Å². The van der Waals surface area contributed by atoms with Gasteiger partial charge in [0.2, 0.25) is 5.91 Å². The van der Waals surface area contributed by atoms with E-state index in [9.17, 15) is 4.79 Å². The van der Waals surface area contributed by atoms with E-state index in [0.717, 1.165) is 58.4 Å². The molecule has 0 bridgehead atoms. The molecule has 0 spiro atoms. The van der Waals surface area contributed by atoms with Crippen molar-refractivity contribution in [2.75, 3.05) is 32.7 Å². The molecule has 106 valence electrons. The lowest BCUT2D eigenvalue weighted by molar-refractivity contribution is -0.133. The Kier molecular flexibility index (Phi) is 7.28. The van der Waals surface area contributed by atoms with Crippen molar-refractivity contribution in [2.45, 2.75) is 52.0 Å². The van der Waals surface area contributed by atoms with E-state index in [2.05, 4.69) is 18.7 Å². The average Bonchev–Trinajstić information content (AvgIpc) is 2.38. The highest BCUT2D eigenvalue weighted by atomic mass is 16.2. The van der Waals surface area contributed by atoms with E-state index in [-0.39, 0.29) is 0 Å². The van der Waals surface area contributed by atoms with E-state index in [4.69, 9.17) is 5.73 Å². The molecule has 1 aliphatic heterocycles. The van der Waals surface area contributed by atoms with Crippen LogP contribution < -0.4 is 5.73 Å². The summed E-state index contributed by atoms with van der Waals surface area (Å²) in [6.45, 7) is 9.06. The van der Waals surface area contributed by atoms with Gasteiger partial charge in [-0.15, -0.1) is 0 Å². The summed E-state index contributed by atoms with van der Waals surface area (Å²) in [6, 6.07) is 0.596. The van der Waals surface area contributed by atoms with Crippen molar-refractivity contribution in [2.24, 2.45) is 5.73 Å². The van der Waals surface area contributed by atoms with Gasteiger partial charge >= 0.3 is 0 Å². The standard InChI is InChI=1S/C14H29N3O/c1-13(2)16-9-11-17(12-10-16)14(18)7-5-3-4-6-8-15/h13H,3-12,15H2,1-2H3. The summed E-state index contributed by atoms with van der Waals surface area (Å²) in [5, 5.41) is 0. The minimum Gasteiger partial charge on any atom is -0.340 e. The average molecular weight is 255 g/mol. The maximum atomic E-state index is 12.0. The van der Waals surface area contributed by atoms with Gasteiger partial charge in [-0.25, -0.2) is 0 Å². The maximum Gasteiger partial charge on any atom is 0.222 e. The zero-order valence-corrected chi connectivity index (χ0v) is 12.0. The van der Waals surface area contributed by atoms with Crippen molar-refractivity contribution in [1.29, 1.82) is 0 Å². The maximum absolute atomic E-state index is 12.0. The van der Waals surface area contributed by atoms with Gasteiger partial charge in [0.1, 0.15) is 0 Å². The van der Waals surface area contributed by atoms with Crippen LogP contribution in [-0.2, 0) is 4.79 Å². The van der Waals surface area contributed by atoms with Crippen LogP contribution in [0.4, 0.5) is 0 Å². The third-order valence-corrected chi connectivity index (χ3v) is 3.74. The van der Waals surface area contributed by atoms with Crippen LogP contribution in [0.15, 0.2) is 0 Å². The zero-order chi connectivity index (χ0) is 13.4. The molecule has 4 nitrogen and oxygen atoms in total. The molecule has 0 aromatic heterocycles. The summed E-state index contributed by atoms with van der Waals surface area (Å²) in [5.41, 5.74) is 5.45. The van der Waals surface area contributed by atoms with Crippen molar-refractivity contribution >= 4 is 5.91 Å². The van der Waals surface area contributed by atoms with Crippen LogP contribution in [-0.4, -0.2) is 54.5 Å². The van der Waals surface area contributed by atoms with E-state index in [1.54, 1.807) is 0 Å². The molecule has 18 heavy (non-hydrogen) atoms. The van der Waals surface area contributed by atoms with Crippen molar-refractivity contribution in [3.05, 3.63) is 0 Å². The Labute approximate surface area is 111 Å². The molecule has 1 saturated heterocycles. The highest BCUT2D eigenvalue weighted by molar-refractivity contribution is 5.76. The molecule has 4 heteroatoms. The number of hydrogen-bond donors (Lipinski definition) is 1. The Morgan fingerprint density at radius 3 is 2.22 bits per heavy atom. The van der Waals surface area contributed by atoms with Gasteiger partial charge in [0.05, 0.1) is 0 Å². The van der Waals surface area contributed by atoms with E-state index in [1.165, 1.54) is 0 Å². The van der Waals surface area contributed by atoms with Gasteiger partial charge < -0.3 is 10.6 Å². The molecule has 1 heterocycles. The number of carbonyl (C=O) groups excluding carboxylic acids is 1. The molecule has 1 rings (SSSR count). The van der Waals surface area contributed by atoms with Gasteiger partial charge in [-0.1, -0.05) is 12.8 Å². The molecule has 0 radical (unpaired) electrons. The van der Waals surface area contributed by atoms with E-state index in [1.807, 2.05) is 4.90 Å². The molecular weight excluding hydrogens is 226 g/mol. The first-order valence-electron chi connectivity index (χ1n) is 7.37. The van der Waals surface area contributed by atoms with E-state index in [0.29, 0.717) is 18.4 Å². The first-order valence-corrected chi connectivity index (χ1v) is 7.37. The van der Waals surface area contributed by atoms with Crippen LogP contribution in [0.3, 0.4) is 0 Å². The van der Waals surface area contributed by atoms with Crippen LogP contribution in [0, 0.1) is 0 Å². The summed E-state index contributed by atoms with van der Waals surface area (Å²) in [7, 11) is 0. The van der Waals surface area contributed by atoms with Crippen molar-refractivity contribution in [1.82, 2.24) is 9.80 Å². The van der Waals surface area contributed by atoms with E-state index >= 15 is 0 Å². The van der Waals surface area contributed by atoms with Crippen LogP contribution in [0.1, 0.15) is 46.0 Å². The largest absolute Gasteiger partial charge is 0.340 e. The molecule has 0 atom stereocenters. The predicted octanol–water partition coefficient (Wildman–Crippen LogP) is 1.45. The summed E-state index contributed by atoms with van der Waals surface area (Å²) in [6.07, 6.45) is 5.11. The molecule has 0 unspecified atom stereocenters. The van der Waals surface area contributed by atoms with E-state index < -0.39 is 0 Å². The number of nitrogens with two attached hydrogens (primary N) is 1. The second-order valence-electron chi connectivity index (χ2n) is 5.46. The number of carbonyl (C=O) groups is 1. The van der Waals surface area contributed by atoms with Gasteiger partial charge in [0.15, 0.2) is 0 Å². The predicted molar refractivity (Wildman–Crippen MR) is 75.4 cm³/mol. The van der Waals surface area contributed by atoms with Crippen molar-refractivity contribution in [3.63, 3.8) is 0 Å². The second-order valence-corrected chi connectivity index (χ2v) is 5.46. The highest BCUT2D eigenvalue weighted by Crippen LogP contribution is 2.09. The number of unbranched alkanes of at least 4 members (excludes halogenated alkanes) is 3. The second kappa shape index (κ2) is 8.48. The Hall–Kier alpha value is -0.610. The number of amides is 1. The molecule has 0 aromatic rings. The molecule has 1 aliphatic rings. The van der Waals surface area contributed by atoms with Gasteiger partial charge in [0, 0.05) is 38.6 Å². The zero-order valence-electron chi connectivity index (χ0n) is 12.0. The third kappa shape index (κ3) is 5.36. The first kappa shape index (κ1) is 15.4. The normalized spacial score (nSPS) is 17.4. The summed E-state index contributed by atoms with van der Waals surface area (Å²) in [5.74, 6) is 0.339. The highest BCUT2D eigenvalue weighted by Gasteiger charge is 2.21. The molecule has 0 aromatic carbocycles. The minimum absolute atomic E-state index is 0.339. The van der Waals surface area contributed by atoms with Gasteiger partial charge in [0.25, 0.3) is 0 Å². The van der Waals surface area contributed by atoms with Crippen LogP contribution in [0.2, 0.25) is 0 Å². The van der Waals surface area contributed by atoms with Gasteiger partial charge in [-0.2, -0.15) is 0 Å². The van der Waals surface area contributed by atoms with Crippen molar-refractivity contribution in [3.8, 4) is 0 Å². The summed E-state index contributed by atoms with van der Waals surface area (Å²) in [4.78, 5) is 16.5. The fraction of sp³-hybridized carbons (Fsp3) is 0.929. The molecule has 2 N–H and O–H groups in total. The molecule has 0 saturated carbocycles. The summed E-state index contributed by atoms with van der Waals surface area (Å²) >= 11 is 0. The van der Waals surface area contributed by atoms with Crippen LogP contribution in [0.25, 0.3) is 0 Å². The quantitative estimate of drug-likeness (QED) is 0.701. The minimum atomic E-state index is 0.339. The molecule has 1 amide bonds. The monoisotopic (exact) mass is 255 g/mol. The molecule has 1 fully saturated rings. The smallest absolute Gasteiger partial charge is 0.222 e. The fourth-order valence-corrected chi connectivity index (χ4v) is 2.42. The Balaban J connectivity index is 2.12. The fourth-order valence-electron chi connectivity index (χ4n) is 2.42. The Morgan fingerprint density at radius 2 is 1.67 bits per heavy atom. The lowest BCUT2D eigenvalue weighted by Gasteiger charge is -2.37. The number of hydrogen-bond acceptors (Lipinski definition) is 3. The van der Waals surface area contributed by atoms with Crippen LogP contribution in [0.5, 0.6) is 0 Å². The van der Waals surface area contributed by atoms with Gasteiger partial charge in [-0.05, 0) is 33.2 Å². The topological polar surface area (TPSA) is 49.6 Å². The Morgan fingerprint density at radius 1 is 1.06 bits per heavy atom. The lowest BCUT2D eigenvalue weighted by Crippen LogP contribution is -2.50. The third-order valence-electron chi connectivity index (χ3n) is 3.74. The SMILES string of the molecule is CC(C)N1CCN(C(=O)CCCCCCN)CC1. The number of piperazine rings is 1. The molecule has 0 aliphatic carbocycles. The lowest BCUT2D eigenvalue weighted by atomic mass is 10.1. The number of nitrogens with zero attached hydrogens (tertiary/aromatic N) is 2. The van der Waals surface area contributed by atoms with Crippen molar-refractivity contribution < 1.29 is 4.79 Å². The summed E-state index contributed by atoms with van der Waals surface area (Å²) < 4.78 is 0. The Bertz CT molecular complexity index is 235.